The molecule has 1 saturated heterocycles. The van der Waals surface area contributed by atoms with Crippen LogP contribution in [0, 0.1) is 6.92 Å². The molecule has 0 amide bonds. The van der Waals surface area contributed by atoms with Gasteiger partial charge in [0.25, 0.3) is 0 Å². The number of para-hydroxylation sites is 2. The molecule has 0 spiro atoms. The maximum absolute atomic E-state index is 6.12. The van der Waals surface area contributed by atoms with Crippen LogP contribution in [0.25, 0.3) is 11.0 Å². The van der Waals surface area contributed by atoms with Crippen LogP contribution >= 0.6 is 0 Å². The molecule has 3 aromatic rings. The first-order valence-electron chi connectivity index (χ1n) is 9.23. The summed E-state index contributed by atoms with van der Waals surface area (Å²) in [5.41, 5.74) is 5.14. The molecule has 1 atom stereocenters. The summed E-state index contributed by atoms with van der Waals surface area (Å²) < 4.78 is 6.12. The van der Waals surface area contributed by atoms with Crippen molar-refractivity contribution >= 4 is 11.0 Å². The molecule has 1 aliphatic rings. The number of aromatic nitrogens is 3. The van der Waals surface area contributed by atoms with Crippen molar-refractivity contribution in [1.29, 1.82) is 0 Å². The molecule has 1 fully saturated rings. The number of fused-ring (bicyclic) bond motifs is 1. The number of pyridine rings is 1. The summed E-state index contributed by atoms with van der Waals surface area (Å²) in [5, 5.41) is 0. The lowest BCUT2D eigenvalue weighted by Crippen LogP contribution is -2.39. The number of ether oxygens (including phenoxy) is 1. The first kappa shape index (κ1) is 17.1. The smallest absolute Gasteiger partial charge is 0.0890 e. The molecular weight excluding hydrogens is 324 g/mol. The molecule has 0 saturated carbocycles. The number of nitrogens with zero attached hydrogens (tertiary/aromatic N) is 4. The Bertz CT molecular complexity index is 868. The molecule has 0 radical (unpaired) electrons. The van der Waals surface area contributed by atoms with Crippen molar-refractivity contribution in [3.05, 3.63) is 65.7 Å². The first-order chi connectivity index (χ1) is 12.8. The maximum atomic E-state index is 6.12. The summed E-state index contributed by atoms with van der Waals surface area (Å²) in [6, 6.07) is 12.1. The van der Waals surface area contributed by atoms with Crippen molar-refractivity contribution in [2.24, 2.45) is 0 Å². The summed E-state index contributed by atoms with van der Waals surface area (Å²) in [4.78, 5) is 16.1. The van der Waals surface area contributed by atoms with Crippen molar-refractivity contribution in [1.82, 2.24) is 19.9 Å². The van der Waals surface area contributed by atoms with Crippen LogP contribution in [0.2, 0.25) is 0 Å². The van der Waals surface area contributed by atoms with Gasteiger partial charge in [-0.25, -0.2) is 9.97 Å². The number of piperidine rings is 1. The van der Waals surface area contributed by atoms with Gasteiger partial charge in [-0.2, -0.15) is 0 Å². The van der Waals surface area contributed by atoms with Gasteiger partial charge in [-0.05, 0) is 50.1 Å². The molecule has 3 heterocycles. The zero-order valence-corrected chi connectivity index (χ0v) is 15.1. The molecule has 26 heavy (non-hydrogen) atoms. The Labute approximate surface area is 154 Å². The number of benzene rings is 1. The molecule has 134 valence electrons. The van der Waals surface area contributed by atoms with Crippen LogP contribution in [0.1, 0.15) is 29.8 Å². The predicted molar refractivity (Wildman–Crippen MR) is 102 cm³/mol. The molecule has 1 aromatic carbocycles. The van der Waals surface area contributed by atoms with E-state index in [4.69, 9.17) is 14.7 Å². The number of rotatable bonds is 5. The average Bonchev–Trinajstić information content (AvgIpc) is 2.68. The van der Waals surface area contributed by atoms with E-state index in [1.54, 1.807) is 6.20 Å². The van der Waals surface area contributed by atoms with Crippen molar-refractivity contribution in [3.63, 3.8) is 0 Å². The third kappa shape index (κ3) is 4.06. The summed E-state index contributed by atoms with van der Waals surface area (Å²) in [7, 11) is 0. The van der Waals surface area contributed by atoms with Gasteiger partial charge in [-0.3, -0.25) is 9.88 Å². The Morgan fingerprint density at radius 3 is 2.77 bits per heavy atom. The summed E-state index contributed by atoms with van der Waals surface area (Å²) >= 11 is 0. The Morgan fingerprint density at radius 2 is 1.96 bits per heavy atom. The highest BCUT2D eigenvalue weighted by Gasteiger charge is 2.21. The lowest BCUT2D eigenvalue weighted by molar-refractivity contribution is -0.0124. The molecule has 0 aliphatic carbocycles. The molecule has 0 bridgehead atoms. The summed E-state index contributed by atoms with van der Waals surface area (Å²) in [5.74, 6) is 0. The second-order valence-corrected chi connectivity index (χ2v) is 6.92. The summed E-state index contributed by atoms with van der Waals surface area (Å²) in [6.45, 7) is 5.53. The molecular formula is C21H24N4O. The standard InChI is InChI=1S/C21H24N4O/c1-16-21(24-20-9-3-2-8-19(20)23-16)14-25-11-5-7-18(13-25)26-15-17-6-4-10-22-12-17/h2-4,6,8-10,12,18H,5,7,11,13-15H2,1H3/t18-/m1/s1. The van der Waals surface area contributed by atoms with Gasteiger partial charge in [-0.1, -0.05) is 18.2 Å². The topological polar surface area (TPSA) is 51.1 Å². The van der Waals surface area contributed by atoms with Crippen molar-refractivity contribution in [3.8, 4) is 0 Å². The van der Waals surface area contributed by atoms with Crippen molar-refractivity contribution < 1.29 is 4.74 Å². The highest BCUT2D eigenvalue weighted by molar-refractivity contribution is 5.74. The fraction of sp³-hybridized carbons (Fsp3) is 0.381. The van der Waals surface area contributed by atoms with E-state index < -0.39 is 0 Å². The third-order valence-electron chi connectivity index (χ3n) is 4.89. The minimum absolute atomic E-state index is 0.262. The molecule has 5 heteroatoms. The first-order valence-corrected chi connectivity index (χ1v) is 9.23. The zero-order valence-electron chi connectivity index (χ0n) is 15.1. The number of hydrogen-bond acceptors (Lipinski definition) is 5. The van der Waals surface area contributed by atoms with Crippen LogP contribution in [-0.4, -0.2) is 39.0 Å². The van der Waals surface area contributed by atoms with E-state index in [9.17, 15) is 0 Å². The van der Waals surface area contributed by atoms with Crippen LogP contribution in [0.4, 0.5) is 0 Å². The number of aryl methyl sites for hydroxylation is 1. The molecule has 0 N–H and O–H groups in total. The Morgan fingerprint density at radius 1 is 1.12 bits per heavy atom. The van der Waals surface area contributed by atoms with E-state index in [1.165, 1.54) is 0 Å². The second-order valence-electron chi connectivity index (χ2n) is 6.92. The predicted octanol–water partition coefficient (Wildman–Crippen LogP) is 3.51. The summed E-state index contributed by atoms with van der Waals surface area (Å²) in [6.07, 6.45) is 6.18. The van der Waals surface area contributed by atoms with Gasteiger partial charge in [0.15, 0.2) is 0 Å². The average molecular weight is 348 g/mol. The highest BCUT2D eigenvalue weighted by atomic mass is 16.5. The van der Waals surface area contributed by atoms with E-state index >= 15 is 0 Å². The lowest BCUT2D eigenvalue weighted by atomic mass is 10.1. The minimum atomic E-state index is 0.262. The van der Waals surface area contributed by atoms with Crippen LogP contribution in [0.5, 0.6) is 0 Å². The van der Waals surface area contributed by atoms with Crippen LogP contribution in [0.15, 0.2) is 48.8 Å². The van der Waals surface area contributed by atoms with E-state index in [1.807, 2.05) is 36.5 Å². The van der Waals surface area contributed by atoms with Gasteiger partial charge >= 0.3 is 0 Å². The SMILES string of the molecule is Cc1nc2ccccc2nc1CN1CCC[C@@H](OCc2cccnc2)C1. The maximum Gasteiger partial charge on any atom is 0.0890 e. The van der Waals surface area contributed by atoms with E-state index in [-0.39, 0.29) is 6.10 Å². The van der Waals surface area contributed by atoms with E-state index in [0.29, 0.717) is 6.61 Å². The molecule has 2 aromatic heterocycles. The van der Waals surface area contributed by atoms with Crippen LogP contribution in [0.3, 0.4) is 0 Å². The Balaban J connectivity index is 1.39. The van der Waals surface area contributed by atoms with Crippen molar-refractivity contribution in [2.75, 3.05) is 13.1 Å². The lowest BCUT2D eigenvalue weighted by Gasteiger charge is -2.32. The molecule has 5 nitrogen and oxygen atoms in total. The molecule has 0 unspecified atom stereocenters. The number of hydrogen-bond donors (Lipinski definition) is 0. The zero-order chi connectivity index (χ0) is 17.8. The van der Waals surface area contributed by atoms with Gasteiger partial charge in [0.1, 0.15) is 0 Å². The van der Waals surface area contributed by atoms with Gasteiger partial charge in [0, 0.05) is 25.5 Å². The van der Waals surface area contributed by atoms with E-state index in [2.05, 4.69) is 22.9 Å². The fourth-order valence-corrected chi connectivity index (χ4v) is 3.48. The van der Waals surface area contributed by atoms with E-state index in [0.717, 1.165) is 60.5 Å². The van der Waals surface area contributed by atoms with Crippen molar-refractivity contribution in [2.45, 2.75) is 39.0 Å². The fourth-order valence-electron chi connectivity index (χ4n) is 3.48. The van der Waals surface area contributed by atoms with Gasteiger partial charge in [0.2, 0.25) is 0 Å². The molecule has 1 aliphatic heterocycles. The van der Waals surface area contributed by atoms with Gasteiger partial charge in [-0.15, -0.1) is 0 Å². The second kappa shape index (κ2) is 7.89. The molecule has 4 rings (SSSR count). The van der Waals surface area contributed by atoms with Gasteiger partial charge < -0.3 is 4.74 Å². The highest BCUT2D eigenvalue weighted by Crippen LogP contribution is 2.19. The van der Waals surface area contributed by atoms with Crippen LogP contribution < -0.4 is 0 Å². The van der Waals surface area contributed by atoms with Crippen LogP contribution in [-0.2, 0) is 17.9 Å². The Hall–Kier alpha value is -2.37. The largest absolute Gasteiger partial charge is 0.372 e. The third-order valence-corrected chi connectivity index (χ3v) is 4.89. The minimum Gasteiger partial charge on any atom is -0.372 e. The normalized spacial score (nSPS) is 18.3. The monoisotopic (exact) mass is 348 g/mol. The van der Waals surface area contributed by atoms with Gasteiger partial charge in [0.05, 0.1) is 35.1 Å². The number of likely N-dealkylation sites (tertiary alicyclic amines) is 1. The quantitative estimate of drug-likeness (QED) is 0.706. The Kier molecular flexibility index (Phi) is 5.18.